The summed E-state index contributed by atoms with van der Waals surface area (Å²) >= 11 is 0. The van der Waals surface area contributed by atoms with Gasteiger partial charge in [-0.05, 0) is 12.8 Å². The van der Waals surface area contributed by atoms with Gasteiger partial charge in [0, 0.05) is 20.1 Å². The molecule has 0 aliphatic heterocycles. The third-order valence-corrected chi connectivity index (χ3v) is 4.09. The molecule has 0 aromatic carbocycles. The van der Waals surface area contributed by atoms with Gasteiger partial charge in [0.1, 0.15) is 0 Å². The summed E-state index contributed by atoms with van der Waals surface area (Å²) in [4.78, 5) is 0. The van der Waals surface area contributed by atoms with Crippen LogP contribution < -0.4 is 0 Å². The second-order valence-corrected chi connectivity index (χ2v) is 6.49. The van der Waals surface area contributed by atoms with E-state index in [1.807, 2.05) is 12.2 Å². The maximum absolute atomic E-state index is 3.60. The normalized spacial score (nSPS) is 14.5. The van der Waals surface area contributed by atoms with Crippen LogP contribution in [0.3, 0.4) is 0 Å². The fourth-order valence-corrected chi connectivity index (χ4v) is 2.10. The van der Waals surface area contributed by atoms with Crippen molar-refractivity contribution in [3.8, 4) is 0 Å². The molecule has 0 saturated carbocycles. The Bertz CT molecular complexity index is 357. The third-order valence-electron chi connectivity index (χ3n) is 4.09. The van der Waals surface area contributed by atoms with Crippen LogP contribution in [0.25, 0.3) is 0 Å². The van der Waals surface area contributed by atoms with Gasteiger partial charge in [0.2, 0.25) is 0 Å². The van der Waals surface area contributed by atoms with Crippen molar-refractivity contribution in [2.75, 3.05) is 0 Å². The van der Waals surface area contributed by atoms with Crippen molar-refractivity contribution in [3.05, 3.63) is 48.1 Å². The largest absolute Gasteiger partial charge is 0.263 e. The molecule has 1 rings (SSSR count). The Morgan fingerprint density at radius 3 is 1.39 bits per heavy atom. The van der Waals surface area contributed by atoms with Gasteiger partial charge in [0.05, 0.1) is 0 Å². The number of unbranched alkanes of at least 4 members (excludes halogenated alkanes) is 4. The molecule has 0 aromatic heterocycles. The molecule has 0 fully saturated rings. The van der Waals surface area contributed by atoms with Crippen LogP contribution in [0.4, 0.5) is 0 Å². The van der Waals surface area contributed by atoms with Crippen LogP contribution >= 0.6 is 0 Å². The first kappa shape index (κ1) is 27.5. The number of hydrogen-bond donors (Lipinski definition) is 0. The molecule has 0 amide bonds. The maximum atomic E-state index is 3.60. The Morgan fingerprint density at radius 2 is 1.30 bits per heavy atom. The molecule has 0 nitrogen and oxygen atoms in total. The average molecular weight is 496 g/mol. The van der Waals surface area contributed by atoms with E-state index in [1.165, 1.54) is 55.2 Å². The summed E-state index contributed by atoms with van der Waals surface area (Å²) in [5.74, 6) is 0. The number of hydrogen-bond acceptors (Lipinski definition) is 0. The van der Waals surface area contributed by atoms with Crippen LogP contribution in [0.1, 0.15) is 87.0 Å². The quantitative estimate of drug-likeness (QED) is 0.200. The van der Waals surface area contributed by atoms with E-state index >= 15 is 0 Å². The molecular formula is C22H39Ir-. The molecule has 23 heavy (non-hydrogen) atoms. The number of allylic oxidation sites excluding steroid dienone is 6. The minimum absolute atomic E-state index is 0. The zero-order valence-corrected chi connectivity index (χ0v) is 19.0. The van der Waals surface area contributed by atoms with Crippen LogP contribution in [-0.4, -0.2) is 0 Å². The zero-order chi connectivity index (χ0) is 17.6. The van der Waals surface area contributed by atoms with Gasteiger partial charge in [-0.15, -0.1) is 20.1 Å². The summed E-state index contributed by atoms with van der Waals surface area (Å²) in [6, 6.07) is 0. The van der Waals surface area contributed by atoms with E-state index in [2.05, 4.69) is 67.7 Å². The van der Waals surface area contributed by atoms with Gasteiger partial charge in [0.25, 0.3) is 0 Å². The van der Waals surface area contributed by atoms with Gasteiger partial charge >= 0.3 is 0 Å². The van der Waals surface area contributed by atoms with E-state index in [0.717, 1.165) is 0 Å². The monoisotopic (exact) mass is 496 g/mol. The van der Waals surface area contributed by atoms with Gasteiger partial charge in [0.15, 0.2) is 0 Å². The van der Waals surface area contributed by atoms with Crippen molar-refractivity contribution in [2.45, 2.75) is 87.0 Å². The molecule has 0 spiro atoms. The van der Waals surface area contributed by atoms with Crippen molar-refractivity contribution in [2.24, 2.45) is 5.41 Å². The van der Waals surface area contributed by atoms with Crippen LogP contribution in [0.15, 0.2) is 42.0 Å². The first-order chi connectivity index (χ1) is 10.3. The first-order valence-electron chi connectivity index (χ1n) is 8.80. The molecule has 0 heterocycles. The summed E-state index contributed by atoms with van der Waals surface area (Å²) in [6.07, 6.45) is 14.9. The van der Waals surface area contributed by atoms with E-state index in [0.29, 0.717) is 0 Å². The predicted octanol–water partition coefficient (Wildman–Crippen LogP) is 7.83. The summed E-state index contributed by atoms with van der Waals surface area (Å²) in [5.41, 5.74) is 4.39. The van der Waals surface area contributed by atoms with E-state index in [-0.39, 0.29) is 25.5 Å². The van der Waals surface area contributed by atoms with Crippen molar-refractivity contribution in [3.63, 3.8) is 0 Å². The molecule has 0 unspecified atom stereocenters. The average Bonchev–Trinajstić information content (AvgIpc) is 2.66. The molecular weight excluding hydrogens is 456 g/mol. The molecule has 0 saturated heterocycles. The van der Waals surface area contributed by atoms with Gasteiger partial charge in [-0.2, -0.15) is 11.1 Å². The Morgan fingerprint density at radius 1 is 0.913 bits per heavy atom. The minimum atomic E-state index is 0. The van der Waals surface area contributed by atoms with Crippen LogP contribution in [0.2, 0.25) is 0 Å². The van der Waals surface area contributed by atoms with Gasteiger partial charge in [-0.25, -0.2) is 5.57 Å². The van der Waals surface area contributed by atoms with Crippen LogP contribution in [0, 0.1) is 11.5 Å². The molecule has 1 radical (unpaired) electrons. The zero-order valence-electron chi connectivity index (χ0n) is 16.6. The molecule has 0 aromatic rings. The van der Waals surface area contributed by atoms with Crippen molar-refractivity contribution < 1.29 is 20.1 Å². The fraction of sp³-hybridized carbons (Fsp3) is 0.636. The van der Waals surface area contributed by atoms with Gasteiger partial charge in [-0.1, -0.05) is 84.8 Å². The SMILES string of the molecule is C=CCCCC.C=CCCCC.CC1=[C-]C(C)(C)C(C)=C1C.[Ir]. The van der Waals surface area contributed by atoms with Gasteiger partial charge < -0.3 is 0 Å². The van der Waals surface area contributed by atoms with Crippen molar-refractivity contribution >= 4 is 0 Å². The molecule has 0 N–H and O–H groups in total. The predicted molar refractivity (Wildman–Crippen MR) is 104 cm³/mol. The molecule has 1 aliphatic rings. The van der Waals surface area contributed by atoms with E-state index in [4.69, 9.17) is 0 Å². The Labute approximate surface area is 160 Å². The molecule has 0 bridgehead atoms. The van der Waals surface area contributed by atoms with Crippen LogP contribution in [-0.2, 0) is 20.1 Å². The molecule has 0 atom stereocenters. The summed E-state index contributed by atoms with van der Waals surface area (Å²) < 4.78 is 0. The standard InChI is InChI=1S/C10H15.2C6H12.Ir/c1-7-6-10(4,5)9(3)8(7)2;2*1-3-5-6-4-2;/h1-5H3;2*3H,1,4-6H2,2H3;/q-1;;;. The smallest absolute Gasteiger partial charge is 0 e. The maximum Gasteiger partial charge on any atom is 0 e. The summed E-state index contributed by atoms with van der Waals surface area (Å²) in [5, 5.41) is 0. The molecule has 1 aliphatic carbocycles. The Hall–Kier alpha value is -0.391. The summed E-state index contributed by atoms with van der Waals surface area (Å²) in [6.45, 7) is 22.5. The topological polar surface area (TPSA) is 0 Å². The Kier molecular flexibility index (Phi) is 19.7. The van der Waals surface area contributed by atoms with E-state index < -0.39 is 0 Å². The van der Waals surface area contributed by atoms with E-state index in [1.54, 1.807) is 0 Å². The van der Waals surface area contributed by atoms with Crippen molar-refractivity contribution in [1.29, 1.82) is 0 Å². The number of rotatable bonds is 6. The van der Waals surface area contributed by atoms with Crippen molar-refractivity contribution in [1.82, 2.24) is 0 Å². The third kappa shape index (κ3) is 13.7. The second kappa shape index (κ2) is 16.5. The first-order valence-corrected chi connectivity index (χ1v) is 8.80. The molecule has 1 heteroatoms. The second-order valence-electron chi connectivity index (χ2n) is 6.49. The van der Waals surface area contributed by atoms with Crippen LogP contribution in [0.5, 0.6) is 0 Å². The molecule has 137 valence electrons. The van der Waals surface area contributed by atoms with Gasteiger partial charge in [-0.3, -0.25) is 6.08 Å². The minimum Gasteiger partial charge on any atom is -0.263 e. The van der Waals surface area contributed by atoms with E-state index in [9.17, 15) is 0 Å². The Balaban J connectivity index is -0.000000271. The fourth-order valence-electron chi connectivity index (χ4n) is 2.10. The summed E-state index contributed by atoms with van der Waals surface area (Å²) in [7, 11) is 0.